The van der Waals surface area contributed by atoms with E-state index >= 15 is 4.79 Å². The number of carbonyl (C=O) groups excluding carboxylic acids is 4. The van der Waals surface area contributed by atoms with Crippen LogP contribution in [0.4, 0.5) is 5.69 Å². The summed E-state index contributed by atoms with van der Waals surface area (Å²) in [5.41, 5.74) is 5.55. The molecule has 0 bridgehead atoms. The molecule has 0 unspecified atom stereocenters. The Bertz CT molecular complexity index is 2800. The summed E-state index contributed by atoms with van der Waals surface area (Å²) in [6, 6.07) is 16.1. The van der Waals surface area contributed by atoms with Gasteiger partial charge in [0.2, 0.25) is 0 Å². The molecule has 2 aliphatic heterocycles. The first-order chi connectivity index (χ1) is 31.6. The van der Waals surface area contributed by atoms with E-state index in [2.05, 4.69) is 37.4 Å². The molecule has 2 heterocycles. The summed E-state index contributed by atoms with van der Waals surface area (Å²) in [4.78, 5) is 56.8. The van der Waals surface area contributed by atoms with Crippen LogP contribution in [0.25, 0.3) is 5.57 Å². The summed E-state index contributed by atoms with van der Waals surface area (Å²) in [5, 5.41) is 2.82. The maximum absolute atomic E-state index is 15.1. The minimum atomic E-state index is -5.31. The average molecular weight is 979 g/mol. The summed E-state index contributed by atoms with van der Waals surface area (Å²) in [6.45, 7) is 4.37. The smallest absolute Gasteiger partial charge is 0.335 e. The molecule has 3 amide bonds. The van der Waals surface area contributed by atoms with E-state index in [9.17, 15) is 40.3 Å². The zero-order valence-electron chi connectivity index (χ0n) is 38.1. The molecule has 18 nitrogen and oxygen atoms in total. The Balaban J connectivity index is 1.23. The molecule has 1 N–H and O–H groups in total. The molecule has 0 radical (unpaired) electrons. The summed E-state index contributed by atoms with van der Waals surface area (Å²) < 4.78 is 90.1. The first kappa shape index (κ1) is 50.8. The van der Waals surface area contributed by atoms with Crippen molar-refractivity contribution in [2.24, 2.45) is 0 Å². The predicted octanol–water partition coefficient (Wildman–Crippen LogP) is 3.07. The molecule has 0 saturated carbocycles. The van der Waals surface area contributed by atoms with Gasteiger partial charge in [-0.1, -0.05) is 43.4 Å². The number of ether oxygens (including phenoxy) is 3. The zero-order valence-corrected chi connectivity index (χ0v) is 40.8. The highest BCUT2D eigenvalue weighted by molar-refractivity contribution is 7.86. The van der Waals surface area contributed by atoms with Crippen molar-refractivity contribution in [3.63, 3.8) is 0 Å². The van der Waals surface area contributed by atoms with Gasteiger partial charge in [0.1, 0.15) is 32.3 Å². The van der Waals surface area contributed by atoms with Crippen LogP contribution < -0.4 is 10.1 Å². The van der Waals surface area contributed by atoms with Gasteiger partial charge in [0.15, 0.2) is 5.71 Å². The second-order valence-electron chi connectivity index (χ2n) is 16.9. The van der Waals surface area contributed by atoms with Gasteiger partial charge in [-0.25, -0.2) is 17.8 Å². The standard InChI is InChI=1S/C46H54N4O14S2Si/c1-47(2)32-12-15-37-40(27-32)67(5,6)41-28-33(48(3)4)13-16-38(41)45(37)35-9-7-8-10-36(35)46(54)49(30-31-11-14-34(65(55,56)57)29-39(31)66(58,59)60)20-22-62-24-26-63-25-23-61-21-19-44(53)64-50-42(51)17-18-43(50)52/h7-16,27-29H,17-26,30H2,1-6H3,(H-,55,56,57,58,59,60). The molecule has 3 aliphatic rings. The molecule has 1 fully saturated rings. The third-order valence-electron chi connectivity index (χ3n) is 11.5. The Morgan fingerprint density at radius 2 is 1.48 bits per heavy atom. The van der Waals surface area contributed by atoms with Crippen molar-refractivity contribution in [1.82, 2.24) is 9.96 Å². The number of nitrogens with zero attached hydrogens (tertiary/aromatic N) is 4. The number of hydrogen-bond acceptors (Lipinski definition) is 14. The van der Waals surface area contributed by atoms with E-state index in [1.165, 1.54) is 15.3 Å². The summed E-state index contributed by atoms with van der Waals surface area (Å²) >= 11 is 0. The molecule has 0 spiro atoms. The Labute approximate surface area is 391 Å². The lowest BCUT2D eigenvalue weighted by Gasteiger charge is -2.38. The van der Waals surface area contributed by atoms with E-state index in [-0.39, 0.29) is 76.6 Å². The Kier molecular flexibility index (Phi) is 16.0. The first-order valence-corrected chi connectivity index (χ1v) is 27.2. The molecule has 1 saturated heterocycles. The van der Waals surface area contributed by atoms with Gasteiger partial charge >= 0.3 is 5.97 Å². The number of rotatable bonds is 20. The van der Waals surface area contributed by atoms with Crippen molar-refractivity contribution in [2.75, 3.05) is 79.3 Å². The average Bonchev–Trinajstić information content (AvgIpc) is 3.58. The summed E-state index contributed by atoms with van der Waals surface area (Å²) in [5.74, 6) is -2.48. The number of imide groups is 1. The van der Waals surface area contributed by atoms with Crippen molar-refractivity contribution in [1.29, 1.82) is 0 Å². The van der Waals surface area contributed by atoms with Crippen molar-refractivity contribution in [3.05, 3.63) is 112 Å². The summed E-state index contributed by atoms with van der Waals surface area (Å²) in [7, 11) is -4.64. The quantitative estimate of drug-likeness (QED) is 0.0564. The van der Waals surface area contributed by atoms with Gasteiger partial charge in [-0.3, -0.25) is 18.9 Å². The van der Waals surface area contributed by atoms with Gasteiger partial charge < -0.3 is 33.4 Å². The number of allylic oxidation sites excluding steroid dienone is 5. The molecule has 67 heavy (non-hydrogen) atoms. The third kappa shape index (κ3) is 11.9. The maximum atomic E-state index is 15.1. The van der Waals surface area contributed by atoms with Crippen LogP contribution in [0.3, 0.4) is 0 Å². The minimum absolute atomic E-state index is 0.0113. The largest absolute Gasteiger partial charge is 0.744 e. The lowest BCUT2D eigenvalue weighted by atomic mass is 9.87. The van der Waals surface area contributed by atoms with Crippen molar-refractivity contribution < 1.29 is 68.7 Å². The first-order valence-electron chi connectivity index (χ1n) is 21.4. The topological polar surface area (TPSA) is 229 Å². The van der Waals surface area contributed by atoms with E-state index < -0.39 is 68.3 Å². The van der Waals surface area contributed by atoms with Gasteiger partial charge in [-0.05, 0) is 74.6 Å². The van der Waals surface area contributed by atoms with Gasteiger partial charge in [-0.15, -0.1) is 5.06 Å². The van der Waals surface area contributed by atoms with Crippen LogP contribution in [0.5, 0.6) is 0 Å². The highest BCUT2D eigenvalue weighted by atomic mass is 32.2. The molecular formula is C46H54N4O14S2Si. The number of hydrogen-bond donors (Lipinski definition) is 1. The number of benzene rings is 3. The monoisotopic (exact) mass is 978 g/mol. The zero-order chi connectivity index (χ0) is 48.8. The Morgan fingerprint density at radius 3 is 2.10 bits per heavy atom. The van der Waals surface area contributed by atoms with Gasteiger partial charge in [0, 0.05) is 63.4 Å². The number of carbonyl (C=O) groups is 4. The second-order valence-corrected chi connectivity index (χ2v) is 23.9. The fourth-order valence-corrected chi connectivity index (χ4v) is 12.3. The number of amides is 3. The van der Waals surface area contributed by atoms with Crippen LogP contribution in [0.2, 0.25) is 13.1 Å². The van der Waals surface area contributed by atoms with Gasteiger partial charge in [0.05, 0.1) is 55.9 Å². The number of hydroxylamine groups is 2. The molecule has 1 aliphatic carbocycles. The molecule has 21 heteroatoms. The number of fused-ring (bicyclic) bond motifs is 2. The molecule has 3 aromatic rings. The van der Waals surface area contributed by atoms with E-state index in [0.29, 0.717) is 16.7 Å². The van der Waals surface area contributed by atoms with Crippen molar-refractivity contribution >= 4 is 74.2 Å². The second kappa shape index (κ2) is 21.1. The lowest BCUT2D eigenvalue weighted by molar-refractivity contribution is -0.462. The van der Waals surface area contributed by atoms with Gasteiger partial charge in [0.25, 0.3) is 27.8 Å². The molecule has 358 valence electrons. The molecule has 3 aromatic carbocycles. The highest BCUT2D eigenvalue weighted by Crippen LogP contribution is 2.43. The maximum Gasteiger partial charge on any atom is 0.335 e. The lowest BCUT2D eigenvalue weighted by Crippen LogP contribution is -2.50. The SMILES string of the molecule is CN(C)c1ccc2c(c1)[Si](C)(C)C1=CC(=[N+](C)C)C=CC1=C2c1ccccc1C(=O)N(CCOCCOCCOCCC(=O)ON1C(=O)CCC1=O)Cc1ccc(S(=O)(=O)O)cc1S(=O)(=O)[O-]. The van der Waals surface area contributed by atoms with Gasteiger partial charge in [-0.2, -0.15) is 8.42 Å². The predicted molar refractivity (Wildman–Crippen MR) is 248 cm³/mol. The van der Waals surface area contributed by atoms with Crippen LogP contribution in [0, 0.1) is 0 Å². The number of anilines is 1. The Hall–Kier alpha value is -5.65. The van der Waals surface area contributed by atoms with Crippen LogP contribution in [0.15, 0.2) is 99.5 Å². The van der Waals surface area contributed by atoms with Crippen LogP contribution >= 0.6 is 0 Å². The summed E-state index contributed by atoms with van der Waals surface area (Å²) in [6.07, 6.45) is 6.12. The van der Waals surface area contributed by atoms with E-state index in [0.717, 1.165) is 40.2 Å². The third-order valence-corrected chi connectivity index (χ3v) is 16.8. The van der Waals surface area contributed by atoms with Crippen LogP contribution in [-0.2, 0) is 60.2 Å². The molecule has 0 aromatic heterocycles. The minimum Gasteiger partial charge on any atom is -0.744 e. The normalized spacial score (nSPS) is 15.6. The van der Waals surface area contributed by atoms with Crippen LogP contribution in [-0.4, -0.2) is 152 Å². The van der Waals surface area contributed by atoms with E-state index in [1.807, 2.05) is 61.9 Å². The Morgan fingerprint density at radius 1 is 0.836 bits per heavy atom. The fraction of sp³-hybridized carbons (Fsp3) is 0.370. The van der Waals surface area contributed by atoms with Crippen molar-refractivity contribution in [3.8, 4) is 0 Å². The molecule has 6 rings (SSSR count). The van der Waals surface area contributed by atoms with Crippen LogP contribution in [0.1, 0.15) is 46.3 Å². The van der Waals surface area contributed by atoms with Crippen molar-refractivity contribution in [2.45, 2.75) is 48.7 Å². The highest BCUT2D eigenvalue weighted by Gasteiger charge is 2.41. The van der Waals surface area contributed by atoms with E-state index in [1.54, 1.807) is 12.1 Å². The fourth-order valence-electron chi connectivity index (χ4n) is 7.92. The van der Waals surface area contributed by atoms with E-state index in [4.69, 9.17) is 19.0 Å². The molecular weight excluding hydrogens is 925 g/mol. The molecule has 0 atom stereocenters.